The molecule has 0 aliphatic heterocycles. The highest BCUT2D eigenvalue weighted by molar-refractivity contribution is 7.19. The smallest absolute Gasteiger partial charge is 0.124 e. The number of hydrogen-bond acceptors (Lipinski definition) is 3. The molecular weight excluding hydrogens is 307 g/mol. The maximum absolute atomic E-state index is 13.3. The maximum atomic E-state index is 13.3. The van der Waals surface area contributed by atoms with E-state index >= 15 is 0 Å². The van der Waals surface area contributed by atoms with Crippen molar-refractivity contribution in [2.24, 2.45) is 5.84 Å². The molecule has 0 bridgehead atoms. The molecule has 108 valence electrons. The van der Waals surface area contributed by atoms with Crippen molar-refractivity contribution >= 4 is 33.0 Å². The molecule has 0 radical (unpaired) electrons. The lowest BCUT2D eigenvalue weighted by Crippen LogP contribution is -2.28. The predicted octanol–water partition coefficient (Wildman–Crippen LogP) is 4.55. The van der Waals surface area contributed by atoms with Crippen LogP contribution in [0.5, 0.6) is 0 Å². The summed E-state index contributed by atoms with van der Waals surface area (Å²) in [6, 6.07) is 12.5. The van der Waals surface area contributed by atoms with Crippen LogP contribution in [0, 0.1) is 12.7 Å². The zero-order valence-corrected chi connectivity index (χ0v) is 12.9. The molecule has 1 aromatic heterocycles. The molecule has 3 N–H and O–H groups in total. The fourth-order valence-corrected chi connectivity index (χ4v) is 3.67. The summed E-state index contributed by atoms with van der Waals surface area (Å²) in [4.78, 5) is 1.03. The molecule has 3 aromatic rings. The highest BCUT2D eigenvalue weighted by atomic mass is 35.5. The molecule has 0 spiro atoms. The van der Waals surface area contributed by atoms with Crippen molar-refractivity contribution in [1.29, 1.82) is 0 Å². The summed E-state index contributed by atoms with van der Waals surface area (Å²) >= 11 is 7.71. The number of rotatable bonds is 3. The average Bonchev–Trinajstić information content (AvgIpc) is 2.86. The van der Waals surface area contributed by atoms with Crippen molar-refractivity contribution in [3.8, 4) is 0 Å². The summed E-state index contributed by atoms with van der Waals surface area (Å²) in [5.41, 5.74) is 4.82. The van der Waals surface area contributed by atoms with Crippen molar-refractivity contribution in [1.82, 2.24) is 5.43 Å². The van der Waals surface area contributed by atoms with Gasteiger partial charge in [-0.1, -0.05) is 29.8 Å². The highest BCUT2D eigenvalue weighted by Crippen LogP contribution is 2.34. The maximum Gasteiger partial charge on any atom is 0.124 e. The topological polar surface area (TPSA) is 38.0 Å². The fraction of sp³-hybridized carbons (Fsp3) is 0.125. The Morgan fingerprint density at radius 2 is 2.00 bits per heavy atom. The normalized spacial score (nSPS) is 12.8. The van der Waals surface area contributed by atoms with Crippen LogP contribution in [-0.2, 0) is 0 Å². The molecule has 2 nitrogen and oxygen atoms in total. The Labute approximate surface area is 131 Å². The number of aryl methyl sites for hydroxylation is 1. The zero-order valence-electron chi connectivity index (χ0n) is 11.4. The Morgan fingerprint density at radius 1 is 1.19 bits per heavy atom. The van der Waals surface area contributed by atoms with Gasteiger partial charge in [0.05, 0.1) is 6.04 Å². The van der Waals surface area contributed by atoms with Crippen molar-refractivity contribution in [3.63, 3.8) is 0 Å². The second kappa shape index (κ2) is 5.73. The van der Waals surface area contributed by atoms with Crippen LogP contribution in [0.25, 0.3) is 10.1 Å². The number of hydrogen-bond donors (Lipinski definition) is 2. The largest absolute Gasteiger partial charge is 0.271 e. The molecule has 0 amide bonds. The first kappa shape index (κ1) is 14.5. The number of nitrogens with one attached hydrogen (secondary N) is 1. The third-order valence-electron chi connectivity index (χ3n) is 3.48. The van der Waals surface area contributed by atoms with Gasteiger partial charge in [-0.25, -0.2) is 9.82 Å². The van der Waals surface area contributed by atoms with Crippen LogP contribution >= 0.6 is 22.9 Å². The molecule has 1 unspecified atom stereocenters. The third kappa shape index (κ3) is 2.80. The molecule has 0 aliphatic carbocycles. The molecule has 0 fully saturated rings. The van der Waals surface area contributed by atoms with Crippen LogP contribution < -0.4 is 11.3 Å². The van der Waals surface area contributed by atoms with E-state index < -0.39 is 0 Å². The first-order valence-corrected chi connectivity index (χ1v) is 7.69. The van der Waals surface area contributed by atoms with Crippen LogP contribution in [-0.4, -0.2) is 0 Å². The minimum absolute atomic E-state index is 0.163. The molecule has 0 saturated heterocycles. The number of hydrazine groups is 1. The van der Waals surface area contributed by atoms with Gasteiger partial charge in [0.1, 0.15) is 5.82 Å². The Balaban J connectivity index is 2.06. The third-order valence-corrected chi connectivity index (χ3v) is 5.05. The van der Waals surface area contributed by atoms with Gasteiger partial charge >= 0.3 is 0 Å². The van der Waals surface area contributed by atoms with Crippen LogP contribution in [0.1, 0.15) is 22.0 Å². The van der Waals surface area contributed by atoms with Crippen LogP contribution in [0.15, 0.2) is 42.5 Å². The number of nitrogens with two attached hydrogens (primary N) is 1. The molecule has 0 aliphatic rings. The lowest BCUT2D eigenvalue weighted by atomic mass is 10.0. The molecule has 1 atom stereocenters. The molecular formula is C16H14ClFN2S. The molecule has 1 heterocycles. The Bertz CT molecular complexity index is 800. The van der Waals surface area contributed by atoms with Gasteiger partial charge in [0.15, 0.2) is 0 Å². The van der Waals surface area contributed by atoms with Gasteiger partial charge in [-0.3, -0.25) is 5.84 Å². The highest BCUT2D eigenvalue weighted by Gasteiger charge is 2.16. The fourth-order valence-electron chi connectivity index (χ4n) is 2.30. The van der Waals surface area contributed by atoms with E-state index in [1.165, 1.54) is 17.4 Å². The van der Waals surface area contributed by atoms with E-state index in [1.54, 1.807) is 12.1 Å². The Morgan fingerprint density at radius 3 is 2.71 bits per heavy atom. The predicted molar refractivity (Wildman–Crippen MR) is 87.1 cm³/mol. The van der Waals surface area contributed by atoms with E-state index in [1.807, 2.05) is 31.2 Å². The molecule has 2 aromatic carbocycles. The van der Waals surface area contributed by atoms with Crippen molar-refractivity contribution < 1.29 is 4.39 Å². The van der Waals surface area contributed by atoms with Crippen LogP contribution in [0.3, 0.4) is 0 Å². The van der Waals surface area contributed by atoms with Gasteiger partial charge in [-0.15, -0.1) is 11.3 Å². The first-order valence-electron chi connectivity index (χ1n) is 6.49. The average molecular weight is 321 g/mol. The second-order valence-electron chi connectivity index (χ2n) is 4.94. The van der Waals surface area contributed by atoms with Crippen LogP contribution in [0.2, 0.25) is 5.02 Å². The summed E-state index contributed by atoms with van der Waals surface area (Å²) in [5.74, 6) is 5.49. The van der Waals surface area contributed by atoms with E-state index in [9.17, 15) is 4.39 Å². The molecule has 5 heteroatoms. The van der Waals surface area contributed by atoms with Gasteiger partial charge in [0.2, 0.25) is 0 Å². The summed E-state index contributed by atoms with van der Waals surface area (Å²) in [6.45, 7) is 1.96. The number of fused-ring (bicyclic) bond motifs is 1. The summed E-state index contributed by atoms with van der Waals surface area (Å²) in [5, 5.41) is 1.72. The summed E-state index contributed by atoms with van der Waals surface area (Å²) < 4.78 is 14.2. The van der Waals surface area contributed by atoms with Crippen molar-refractivity contribution in [2.45, 2.75) is 13.0 Å². The molecule has 3 rings (SSSR count). The summed E-state index contributed by atoms with van der Waals surface area (Å²) in [6.07, 6.45) is 0. The van der Waals surface area contributed by atoms with Gasteiger partial charge < -0.3 is 0 Å². The van der Waals surface area contributed by atoms with Gasteiger partial charge in [0.25, 0.3) is 0 Å². The van der Waals surface area contributed by atoms with Crippen molar-refractivity contribution in [2.75, 3.05) is 0 Å². The quantitative estimate of drug-likeness (QED) is 0.548. The van der Waals surface area contributed by atoms with Gasteiger partial charge in [-0.2, -0.15) is 0 Å². The van der Waals surface area contributed by atoms with E-state index in [0.717, 1.165) is 26.1 Å². The minimum atomic E-state index is -0.230. The lowest BCUT2D eigenvalue weighted by Gasteiger charge is -2.15. The Kier molecular flexibility index (Phi) is 3.95. The number of halogens is 2. The van der Waals surface area contributed by atoms with Gasteiger partial charge in [0, 0.05) is 14.6 Å². The second-order valence-corrected chi connectivity index (χ2v) is 6.46. The van der Waals surface area contributed by atoms with Gasteiger partial charge in [-0.05, 0) is 47.7 Å². The molecule has 0 saturated carbocycles. The SMILES string of the molecule is Cc1ccc(C(NN)c2cc3ccc(F)cc3s2)cc1Cl. The van der Waals surface area contributed by atoms with Crippen molar-refractivity contribution in [3.05, 3.63) is 69.3 Å². The monoisotopic (exact) mass is 320 g/mol. The van der Waals surface area contributed by atoms with E-state index in [0.29, 0.717) is 5.02 Å². The van der Waals surface area contributed by atoms with E-state index in [4.69, 9.17) is 17.4 Å². The number of thiophene rings is 1. The van der Waals surface area contributed by atoms with E-state index in [-0.39, 0.29) is 11.9 Å². The minimum Gasteiger partial charge on any atom is -0.271 e. The molecule has 21 heavy (non-hydrogen) atoms. The standard InChI is InChI=1S/C16H14ClFN2S/c1-9-2-3-11(6-13(9)17)16(20-19)15-7-10-4-5-12(18)8-14(10)21-15/h2-8,16,20H,19H2,1H3. The zero-order chi connectivity index (χ0) is 15.0. The summed E-state index contributed by atoms with van der Waals surface area (Å²) in [7, 11) is 0. The van der Waals surface area contributed by atoms with Crippen LogP contribution in [0.4, 0.5) is 4.39 Å². The lowest BCUT2D eigenvalue weighted by molar-refractivity contribution is 0.630. The first-order chi connectivity index (χ1) is 10.1. The van der Waals surface area contributed by atoms with E-state index in [2.05, 4.69) is 5.43 Å². The number of benzene rings is 2. The Hall–Kier alpha value is -1.46.